The van der Waals surface area contributed by atoms with Crippen molar-refractivity contribution in [3.63, 3.8) is 0 Å². The Labute approximate surface area is 147 Å². The molecule has 0 spiro atoms. The van der Waals surface area contributed by atoms with E-state index < -0.39 is 10.8 Å². The zero-order valence-electron chi connectivity index (χ0n) is 12.0. The van der Waals surface area contributed by atoms with E-state index in [4.69, 9.17) is 23.2 Å². The van der Waals surface area contributed by atoms with Gasteiger partial charge < -0.3 is 5.32 Å². The summed E-state index contributed by atoms with van der Waals surface area (Å²) in [4.78, 5) is 23.7. The molecular weight excluding hydrogens is 359 g/mol. The number of hydrogen-bond donors (Lipinski definition) is 1. The first-order valence-electron chi connectivity index (χ1n) is 6.60. The van der Waals surface area contributed by atoms with Crippen molar-refractivity contribution in [2.45, 2.75) is 11.8 Å². The number of nitrogens with zero attached hydrogens (tertiary/aromatic N) is 1. The summed E-state index contributed by atoms with van der Waals surface area (Å²) < 4.78 is 0. The first-order valence-corrected chi connectivity index (χ1v) is 8.34. The quantitative estimate of drug-likeness (QED) is 0.442. The first kappa shape index (κ1) is 17.6. The van der Waals surface area contributed by atoms with E-state index in [-0.39, 0.29) is 16.3 Å². The largest absolute Gasteiger partial charge is 0.321 e. The summed E-state index contributed by atoms with van der Waals surface area (Å²) in [6.45, 7) is 1.98. The predicted molar refractivity (Wildman–Crippen MR) is 93.9 cm³/mol. The second-order valence-corrected chi connectivity index (χ2v) is 6.62. The average Bonchev–Trinajstić information content (AvgIpc) is 2.49. The second kappa shape index (κ2) is 7.68. The van der Waals surface area contributed by atoms with Gasteiger partial charge in [-0.15, -0.1) is 11.8 Å². The predicted octanol–water partition coefficient (Wildman–Crippen LogP) is 5.27. The lowest BCUT2D eigenvalue weighted by atomic mass is 10.1. The molecule has 0 saturated heterocycles. The van der Waals surface area contributed by atoms with Crippen molar-refractivity contribution < 1.29 is 9.72 Å². The fraction of sp³-hybridized carbons (Fsp3) is 0.133. The van der Waals surface area contributed by atoms with E-state index in [1.165, 1.54) is 23.9 Å². The number of carbonyl (C=O) groups is 1. The lowest BCUT2D eigenvalue weighted by molar-refractivity contribution is -0.385. The standard InChI is InChI=1S/C15H12Cl2N2O3S/c1-2-23-14-6-4-9(16)7-12(14)18-15(20)11-5-3-10(17)8-13(11)19(21)22/h3-8H,2H2,1H3,(H,18,20). The number of anilines is 1. The molecule has 8 heteroatoms. The van der Waals surface area contributed by atoms with Gasteiger partial charge in [0.2, 0.25) is 0 Å². The second-order valence-electron chi connectivity index (χ2n) is 4.45. The third-order valence-corrected chi connectivity index (χ3v) is 4.32. The van der Waals surface area contributed by atoms with Crippen molar-refractivity contribution in [3.05, 3.63) is 62.1 Å². The van der Waals surface area contributed by atoms with Crippen LogP contribution in [-0.4, -0.2) is 16.6 Å². The molecule has 0 aliphatic heterocycles. The van der Waals surface area contributed by atoms with E-state index in [1.807, 2.05) is 6.92 Å². The molecule has 0 heterocycles. The fourth-order valence-electron chi connectivity index (χ4n) is 1.92. The van der Waals surface area contributed by atoms with Gasteiger partial charge in [0.05, 0.1) is 10.6 Å². The number of carbonyl (C=O) groups excluding carboxylic acids is 1. The van der Waals surface area contributed by atoms with Gasteiger partial charge in [-0.25, -0.2) is 0 Å². The first-order chi connectivity index (χ1) is 10.9. The Hall–Kier alpha value is -1.76. The maximum atomic E-state index is 12.4. The van der Waals surface area contributed by atoms with Crippen molar-refractivity contribution in [1.82, 2.24) is 0 Å². The Balaban J connectivity index is 2.37. The molecule has 0 atom stereocenters. The number of hydrogen-bond acceptors (Lipinski definition) is 4. The molecule has 0 radical (unpaired) electrons. The number of halogens is 2. The molecule has 2 rings (SSSR count). The molecule has 0 aliphatic carbocycles. The van der Waals surface area contributed by atoms with Crippen LogP contribution in [0.25, 0.3) is 0 Å². The summed E-state index contributed by atoms with van der Waals surface area (Å²) >= 11 is 13.3. The van der Waals surface area contributed by atoms with E-state index >= 15 is 0 Å². The van der Waals surface area contributed by atoms with Crippen LogP contribution < -0.4 is 5.32 Å². The SMILES string of the molecule is CCSc1ccc(Cl)cc1NC(=O)c1ccc(Cl)cc1[N+](=O)[O-]. The fourth-order valence-corrected chi connectivity index (χ4v) is 3.00. The normalized spacial score (nSPS) is 10.4. The topological polar surface area (TPSA) is 72.2 Å². The number of nitro benzene ring substituents is 1. The van der Waals surface area contributed by atoms with Crippen LogP contribution in [0.2, 0.25) is 10.0 Å². The van der Waals surface area contributed by atoms with Crippen LogP contribution in [0.4, 0.5) is 11.4 Å². The van der Waals surface area contributed by atoms with Crippen molar-refractivity contribution in [1.29, 1.82) is 0 Å². The Bertz CT molecular complexity index is 768. The maximum absolute atomic E-state index is 12.4. The van der Waals surface area contributed by atoms with Crippen molar-refractivity contribution in [2.24, 2.45) is 0 Å². The molecule has 0 bridgehead atoms. The van der Waals surface area contributed by atoms with Gasteiger partial charge in [0.1, 0.15) is 5.56 Å². The molecule has 0 aromatic heterocycles. The monoisotopic (exact) mass is 370 g/mol. The molecule has 0 aliphatic rings. The molecule has 1 amide bonds. The van der Waals surface area contributed by atoms with Crippen LogP contribution in [0, 0.1) is 10.1 Å². The lowest BCUT2D eigenvalue weighted by Gasteiger charge is -2.11. The Morgan fingerprint density at radius 2 is 1.87 bits per heavy atom. The van der Waals surface area contributed by atoms with Crippen LogP contribution in [0.5, 0.6) is 0 Å². The number of amides is 1. The number of nitrogens with one attached hydrogen (secondary N) is 1. The summed E-state index contributed by atoms with van der Waals surface area (Å²) in [5.74, 6) is 0.222. The van der Waals surface area contributed by atoms with Gasteiger partial charge in [-0.05, 0) is 36.1 Å². The third kappa shape index (κ3) is 4.37. The van der Waals surface area contributed by atoms with Gasteiger partial charge >= 0.3 is 0 Å². The van der Waals surface area contributed by atoms with E-state index in [0.29, 0.717) is 10.7 Å². The van der Waals surface area contributed by atoms with E-state index in [0.717, 1.165) is 16.7 Å². The lowest BCUT2D eigenvalue weighted by Crippen LogP contribution is -2.14. The van der Waals surface area contributed by atoms with Crippen LogP contribution in [0.15, 0.2) is 41.3 Å². The van der Waals surface area contributed by atoms with Crippen molar-refractivity contribution in [2.75, 3.05) is 11.1 Å². The summed E-state index contributed by atoms with van der Waals surface area (Å²) in [6, 6.07) is 9.04. The molecule has 5 nitrogen and oxygen atoms in total. The zero-order chi connectivity index (χ0) is 17.0. The molecule has 2 aromatic carbocycles. The van der Waals surface area contributed by atoms with Crippen molar-refractivity contribution >= 4 is 52.2 Å². The minimum Gasteiger partial charge on any atom is -0.321 e. The molecule has 0 saturated carbocycles. The van der Waals surface area contributed by atoms with Crippen LogP contribution in [0.1, 0.15) is 17.3 Å². The van der Waals surface area contributed by atoms with Gasteiger partial charge in [-0.1, -0.05) is 30.1 Å². The number of thioether (sulfide) groups is 1. The van der Waals surface area contributed by atoms with Gasteiger partial charge in [-0.2, -0.15) is 0 Å². The van der Waals surface area contributed by atoms with E-state index in [1.54, 1.807) is 18.2 Å². The Morgan fingerprint density at radius 1 is 1.22 bits per heavy atom. The molecule has 23 heavy (non-hydrogen) atoms. The highest BCUT2D eigenvalue weighted by atomic mass is 35.5. The number of benzene rings is 2. The minimum atomic E-state index is -0.638. The van der Waals surface area contributed by atoms with Crippen molar-refractivity contribution in [3.8, 4) is 0 Å². The minimum absolute atomic E-state index is 0.0631. The Morgan fingerprint density at radius 3 is 2.52 bits per heavy atom. The zero-order valence-corrected chi connectivity index (χ0v) is 14.3. The Kier molecular flexibility index (Phi) is 5.87. The molecule has 2 aromatic rings. The summed E-state index contributed by atoms with van der Waals surface area (Å²) in [5.41, 5.74) is 0.104. The third-order valence-electron chi connectivity index (χ3n) is 2.89. The molecular formula is C15H12Cl2N2O3S. The number of nitro groups is 1. The summed E-state index contributed by atoms with van der Waals surface area (Å²) in [6.07, 6.45) is 0. The molecule has 0 unspecified atom stereocenters. The van der Waals surface area contributed by atoms with Gasteiger partial charge in [-0.3, -0.25) is 14.9 Å². The van der Waals surface area contributed by atoms with Gasteiger partial charge in [0.15, 0.2) is 0 Å². The highest BCUT2D eigenvalue weighted by molar-refractivity contribution is 7.99. The van der Waals surface area contributed by atoms with Gasteiger partial charge in [0, 0.05) is 21.0 Å². The summed E-state index contributed by atoms with van der Waals surface area (Å²) in [5, 5.41) is 14.4. The maximum Gasteiger partial charge on any atom is 0.283 e. The van der Waals surface area contributed by atoms with E-state index in [2.05, 4.69) is 5.32 Å². The molecule has 120 valence electrons. The van der Waals surface area contributed by atoms with Crippen LogP contribution in [0.3, 0.4) is 0 Å². The average molecular weight is 371 g/mol. The summed E-state index contributed by atoms with van der Waals surface area (Å²) in [7, 11) is 0. The van der Waals surface area contributed by atoms with Gasteiger partial charge in [0.25, 0.3) is 11.6 Å². The highest BCUT2D eigenvalue weighted by Crippen LogP contribution is 2.31. The smallest absolute Gasteiger partial charge is 0.283 e. The molecule has 0 fully saturated rings. The number of rotatable bonds is 5. The van der Waals surface area contributed by atoms with Crippen LogP contribution in [-0.2, 0) is 0 Å². The highest BCUT2D eigenvalue weighted by Gasteiger charge is 2.21. The van der Waals surface area contributed by atoms with E-state index in [9.17, 15) is 14.9 Å². The molecule has 1 N–H and O–H groups in total. The van der Waals surface area contributed by atoms with Crippen LogP contribution >= 0.6 is 35.0 Å².